The van der Waals surface area contributed by atoms with E-state index in [2.05, 4.69) is 51.7 Å². The van der Waals surface area contributed by atoms with E-state index in [1.807, 2.05) is 12.3 Å². The van der Waals surface area contributed by atoms with Gasteiger partial charge in [-0.2, -0.15) is 0 Å². The van der Waals surface area contributed by atoms with E-state index in [9.17, 15) is 0 Å². The first-order valence-corrected chi connectivity index (χ1v) is 6.16. The number of hydrogen-bond acceptors (Lipinski definition) is 2. The topological polar surface area (TPSA) is 25.8 Å². The van der Waals surface area contributed by atoms with E-state index in [0.717, 1.165) is 16.9 Å². The molecule has 2 aromatic rings. The zero-order chi connectivity index (χ0) is 12.6. The summed E-state index contributed by atoms with van der Waals surface area (Å²) in [4.78, 5) is 9.29. The Bertz CT molecular complexity index is 536. The Labute approximate surface area is 103 Å². The van der Waals surface area contributed by atoms with Gasteiger partial charge < -0.3 is 0 Å². The summed E-state index contributed by atoms with van der Waals surface area (Å²) in [6, 6.07) is 6.20. The fraction of sp³-hybridized carbons (Fsp3) is 0.467. The third-order valence-electron chi connectivity index (χ3n) is 2.92. The van der Waals surface area contributed by atoms with Crippen LogP contribution in [0.1, 0.15) is 51.9 Å². The quantitative estimate of drug-likeness (QED) is 0.736. The lowest BCUT2D eigenvalue weighted by molar-refractivity contribution is 0.569. The molecule has 2 aromatic heterocycles. The fourth-order valence-corrected chi connectivity index (χ4v) is 1.96. The van der Waals surface area contributed by atoms with Gasteiger partial charge in [-0.25, -0.2) is 0 Å². The van der Waals surface area contributed by atoms with Crippen LogP contribution in [0.15, 0.2) is 24.4 Å². The molecule has 0 spiro atoms. The fourth-order valence-electron chi connectivity index (χ4n) is 1.96. The van der Waals surface area contributed by atoms with Gasteiger partial charge in [0.15, 0.2) is 0 Å². The molecule has 0 N–H and O–H groups in total. The van der Waals surface area contributed by atoms with E-state index in [4.69, 9.17) is 4.98 Å². The summed E-state index contributed by atoms with van der Waals surface area (Å²) in [6.07, 6.45) is 1.85. The summed E-state index contributed by atoms with van der Waals surface area (Å²) in [6.45, 7) is 10.9. The van der Waals surface area contributed by atoms with Gasteiger partial charge in [-0.1, -0.05) is 34.6 Å². The molecule has 2 rings (SSSR count). The first kappa shape index (κ1) is 12.0. The lowest BCUT2D eigenvalue weighted by atomic mass is 9.88. The van der Waals surface area contributed by atoms with Crippen LogP contribution < -0.4 is 0 Å². The molecule has 0 saturated carbocycles. The zero-order valence-electron chi connectivity index (χ0n) is 11.3. The Morgan fingerprint density at radius 2 is 1.88 bits per heavy atom. The van der Waals surface area contributed by atoms with Gasteiger partial charge in [0.1, 0.15) is 0 Å². The average Bonchev–Trinajstić information content (AvgIpc) is 2.26. The Morgan fingerprint density at radius 1 is 1.18 bits per heavy atom. The van der Waals surface area contributed by atoms with E-state index in [0.29, 0.717) is 5.92 Å². The van der Waals surface area contributed by atoms with Crippen molar-refractivity contribution in [2.75, 3.05) is 0 Å². The van der Waals surface area contributed by atoms with Crippen molar-refractivity contribution in [1.82, 2.24) is 9.97 Å². The van der Waals surface area contributed by atoms with Crippen molar-refractivity contribution >= 4 is 10.9 Å². The Balaban J connectivity index is 2.79. The molecule has 0 aliphatic carbocycles. The van der Waals surface area contributed by atoms with Crippen molar-refractivity contribution < 1.29 is 0 Å². The molecule has 0 aromatic carbocycles. The van der Waals surface area contributed by atoms with Gasteiger partial charge in [0.05, 0.1) is 11.2 Å². The Morgan fingerprint density at radius 3 is 2.47 bits per heavy atom. The molecule has 90 valence electrons. The molecule has 17 heavy (non-hydrogen) atoms. The van der Waals surface area contributed by atoms with Crippen LogP contribution in [0.2, 0.25) is 0 Å². The Kier molecular flexibility index (Phi) is 2.90. The van der Waals surface area contributed by atoms with Crippen molar-refractivity contribution in [2.24, 2.45) is 0 Å². The van der Waals surface area contributed by atoms with E-state index in [-0.39, 0.29) is 5.41 Å². The first-order chi connectivity index (χ1) is 7.89. The van der Waals surface area contributed by atoms with E-state index in [1.165, 1.54) is 5.39 Å². The first-order valence-electron chi connectivity index (χ1n) is 6.16. The smallest absolute Gasteiger partial charge is 0.0738 e. The maximum Gasteiger partial charge on any atom is 0.0738 e. The minimum Gasteiger partial charge on any atom is -0.256 e. The molecular formula is C15H20N2. The van der Waals surface area contributed by atoms with Gasteiger partial charge in [0, 0.05) is 22.7 Å². The summed E-state index contributed by atoms with van der Waals surface area (Å²) in [5.74, 6) is 0.433. The molecule has 2 nitrogen and oxygen atoms in total. The van der Waals surface area contributed by atoms with Crippen LogP contribution in [0.4, 0.5) is 0 Å². The monoisotopic (exact) mass is 228 g/mol. The molecule has 0 saturated heterocycles. The minimum absolute atomic E-state index is 0.0478. The molecule has 2 heteroatoms. The highest BCUT2D eigenvalue weighted by molar-refractivity contribution is 5.82. The van der Waals surface area contributed by atoms with Crippen LogP contribution in [0.25, 0.3) is 10.9 Å². The summed E-state index contributed by atoms with van der Waals surface area (Å²) in [7, 11) is 0. The van der Waals surface area contributed by atoms with Crippen molar-refractivity contribution in [3.8, 4) is 0 Å². The number of aromatic nitrogens is 2. The number of fused-ring (bicyclic) bond motifs is 1. The van der Waals surface area contributed by atoms with Gasteiger partial charge in [-0.3, -0.25) is 9.97 Å². The highest BCUT2D eigenvalue weighted by Crippen LogP contribution is 2.29. The van der Waals surface area contributed by atoms with Crippen molar-refractivity contribution in [3.63, 3.8) is 0 Å². The molecule has 0 fully saturated rings. The molecule has 0 aliphatic rings. The molecular weight excluding hydrogens is 208 g/mol. The number of hydrogen-bond donors (Lipinski definition) is 0. The molecule has 0 unspecified atom stereocenters. The second-order valence-electron chi connectivity index (χ2n) is 5.87. The second-order valence-corrected chi connectivity index (χ2v) is 5.87. The molecule has 0 bridgehead atoms. The predicted molar refractivity (Wildman–Crippen MR) is 72.3 cm³/mol. The molecule has 0 atom stereocenters. The normalized spacial score (nSPS) is 12.4. The van der Waals surface area contributed by atoms with E-state index < -0.39 is 0 Å². The molecule has 0 aliphatic heterocycles. The lowest BCUT2D eigenvalue weighted by Crippen LogP contribution is -2.16. The van der Waals surface area contributed by atoms with Crippen molar-refractivity contribution in [1.29, 1.82) is 0 Å². The van der Waals surface area contributed by atoms with Crippen LogP contribution >= 0.6 is 0 Å². The maximum atomic E-state index is 4.83. The van der Waals surface area contributed by atoms with E-state index >= 15 is 0 Å². The van der Waals surface area contributed by atoms with Gasteiger partial charge in [-0.15, -0.1) is 0 Å². The van der Waals surface area contributed by atoms with Crippen LogP contribution in [-0.2, 0) is 5.41 Å². The highest BCUT2D eigenvalue weighted by Gasteiger charge is 2.20. The predicted octanol–water partition coefficient (Wildman–Crippen LogP) is 4.05. The number of pyridine rings is 2. The second kappa shape index (κ2) is 4.10. The SMILES string of the molecule is CC(C)c1cc2ncccc2c(C(C)(C)C)n1. The van der Waals surface area contributed by atoms with Gasteiger partial charge in [-0.05, 0) is 24.1 Å². The van der Waals surface area contributed by atoms with Crippen LogP contribution in [-0.4, -0.2) is 9.97 Å². The maximum absolute atomic E-state index is 4.83. The third kappa shape index (κ3) is 2.31. The number of nitrogens with zero attached hydrogens (tertiary/aromatic N) is 2. The standard InChI is InChI=1S/C15H20N2/c1-10(2)12-9-13-11(7-6-8-16-13)14(17-12)15(3,4)5/h6-10H,1-5H3. The van der Waals surface area contributed by atoms with Crippen LogP contribution in [0.5, 0.6) is 0 Å². The summed E-state index contributed by atoms with van der Waals surface area (Å²) in [5.41, 5.74) is 3.37. The summed E-state index contributed by atoms with van der Waals surface area (Å²) >= 11 is 0. The van der Waals surface area contributed by atoms with Crippen molar-refractivity contribution in [2.45, 2.75) is 46.0 Å². The highest BCUT2D eigenvalue weighted by atomic mass is 14.8. The number of rotatable bonds is 1. The largest absolute Gasteiger partial charge is 0.256 e. The molecule has 0 radical (unpaired) electrons. The average molecular weight is 228 g/mol. The Hall–Kier alpha value is -1.44. The molecule has 0 amide bonds. The van der Waals surface area contributed by atoms with Crippen LogP contribution in [0, 0.1) is 0 Å². The van der Waals surface area contributed by atoms with Gasteiger partial charge in [0.2, 0.25) is 0 Å². The van der Waals surface area contributed by atoms with E-state index in [1.54, 1.807) is 0 Å². The van der Waals surface area contributed by atoms with Gasteiger partial charge in [0.25, 0.3) is 0 Å². The summed E-state index contributed by atoms with van der Waals surface area (Å²) < 4.78 is 0. The van der Waals surface area contributed by atoms with Gasteiger partial charge >= 0.3 is 0 Å². The molecule has 2 heterocycles. The van der Waals surface area contributed by atoms with Crippen molar-refractivity contribution in [3.05, 3.63) is 35.8 Å². The minimum atomic E-state index is 0.0478. The zero-order valence-corrected chi connectivity index (χ0v) is 11.3. The summed E-state index contributed by atoms with van der Waals surface area (Å²) in [5, 5.41) is 1.17. The third-order valence-corrected chi connectivity index (χ3v) is 2.92. The lowest BCUT2D eigenvalue weighted by Gasteiger charge is -2.21. The van der Waals surface area contributed by atoms with Crippen LogP contribution in [0.3, 0.4) is 0 Å².